The number of nitrogens with one attached hydrogen (secondary N) is 2. The van der Waals surface area contributed by atoms with Crippen LogP contribution in [0.5, 0.6) is 0 Å². The first-order valence-corrected chi connectivity index (χ1v) is 7.22. The Bertz CT molecular complexity index is 549. The summed E-state index contributed by atoms with van der Waals surface area (Å²) < 4.78 is 1.64. The number of aryl methyl sites for hydroxylation is 1. The minimum absolute atomic E-state index is 0.167. The summed E-state index contributed by atoms with van der Waals surface area (Å²) in [6.07, 6.45) is 3.36. The standard InChI is InChI=1S/C13H19N5OS/c1-17(2)12(10-4-5-20-9-10)7-14-13(19)16-11-6-15-18(3)8-11/h4-6,8-9,12H,7H2,1-3H3,(H2,14,16,19)/t12-/m0/s1. The van der Waals surface area contributed by atoms with E-state index >= 15 is 0 Å². The summed E-state index contributed by atoms with van der Waals surface area (Å²) in [5, 5.41) is 13.8. The van der Waals surface area contributed by atoms with Crippen LogP contribution < -0.4 is 10.6 Å². The summed E-state index contributed by atoms with van der Waals surface area (Å²) in [5.74, 6) is 0. The Morgan fingerprint density at radius 1 is 1.55 bits per heavy atom. The van der Waals surface area contributed by atoms with Gasteiger partial charge in [-0.15, -0.1) is 0 Å². The predicted molar refractivity (Wildman–Crippen MR) is 81.0 cm³/mol. The van der Waals surface area contributed by atoms with Gasteiger partial charge < -0.3 is 15.5 Å². The van der Waals surface area contributed by atoms with Crippen LogP contribution in [0.4, 0.5) is 10.5 Å². The Labute approximate surface area is 122 Å². The number of aromatic nitrogens is 2. The molecule has 0 aliphatic rings. The molecule has 1 atom stereocenters. The van der Waals surface area contributed by atoms with Gasteiger partial charge in [-0.2, -0.15) is 16.4 Å². The van der Waals surface area contributed by atoms with Crippen LogP contribution in [0.1, 0.15) is 11.6 Å². The van der Waals surface area contributed by atoms with E-state index in [4.69, 9.17) is 0 Å². The summed E-state index contributed by atoms with van der Waals surface area (Å²) >= 11 is 1.66. The molecule has 2 rings (SSSR count). The Kier molecular flexibility index (Phi) is 4.75. The average molecular weight is 293 g/mol. The van der Waals surface area contributed by atoms with Crippen molar-refractivity contribution in [2.24, 2.45) is 7.05 Å². The lowest BCUT2D eigenvalue weighted by Crippen LogP contribution is -2.36. The third-order valence-corrected chi connectivity index (χ3v) is 3.67. The van der Waals surface area contributed by atoms with Gasteiger partial charge in [-0.1, -0.05) is 0 Å². The fourth-order valence-electron chi connectivity index (χ4n) is 1.91. The van der Waals surface area contributed by atoms with E-state index < -0.39 is 0 Å². The van der Waals surface area contributed by atoms with Crippen molar-refractivity contribution in [3.63, 3.8) is 0 Å². The van der Waals surface area contributed by atoms with Crippen molar-refractivity contribution in [3.05, 3.63) is 34.8 Å². The van der Waals surface area contributed by atoms with Crippen LogP contribution in [0.3, 0.4) is 0 Å². The molecular formula is C13H19N5OS. The van der Waals surface area contributed by atoms with Gasteiger partial charge in [0.15, 0.2) is 0 Å². The van der Waals surface area contributed by atoms with Crippen LogP contribution in [0.25, 0.3) is 0 Å². The first-order chi connectivity index (χ1) is 9.56. The molecule has 2 amide bonds. The average Bonchev–Trinajstić information content (AvgIpc) is 3.01. The molecule has 2 aromatic rings. The largest absolute Gasteiger partial charge is 0.336 e. The lowest BCUT2D eigenvalue weighted by Gasteiger charge is -2.23. The molecule has 2 heterocycles. The maximum Gasteiger partial charge on any atom is 0.319 e. The van der Waals surface area contributed by atoms with Crippen molar-refractivity contribution in [1.82, 2.24) is 20.0 Å². The maximum atomic E-state index is 11.8. The third kappa shape index (κ3) is 3.82. The zero-order chi connectivity index (χ0) is 14.5. The number of hydrogen-bond acceptors (Lipinski definition) is 4. The molecule has 108 valence electrons. The quantitative estimate of drug-likeness (QED) is 0.885. The van der Waals surface area contributed by atoms with Gasteiger partial charge in [0.25, 0.3) is 0 Å². The lowest BCUT2D eigenvalue weighted by atomic mass is 10.1. The summed E-state index contributed by atoms with van der Waals surface area (Å²) in [6.45, 7) is 0.551. The second-order valence-corrected chi connectivity index (χ2v) is 5.55. The van der Waals surface area contributed by atoms with E-state index in [-0.39, 0.29) is 12.1 Å². The number of amides is 2. The van der Waals surface area contributed by atoms with Crippen molar-refractivity contribution in [2.75, 3.05) is 26.0 Å². The molecule has 2 aromatic heterocycles. The molecule has 0 aromatic carbocycles. The van der Waals surface area contributed by atoms with E-state index in [2.05, 4.69) is 32.1 Å². The molecule has 7 heteroatoms. The van der Waals surface area contributed by atoms with E-state index in [1.165, 1.54) is 5.56 Å². The number of hydrogen-bond donors (Lipinski definition) is 2. The molecular weight excluding hydrogens is 274 g/mol. The van der Waals surface area contributed by atoms with E-state index in [1.54, 1.807) is 28.4 Å². The Hall–Kier alpha value is -1.86. The predicted octanol–water partition coefficient (Wildman–Crippen LogP) is 1.91. The van der Waals surface area contributed by atoms with Crippen molar-refractivity contribution in [1.29, 1.82) is 0 Å². The zero-order valence-electron chi connectivity index (χ0n) is 11.8. The molecule has 2 N–H and O–H groups in total. The molecule has 0 aliphatic carbocycles. The van der Waals surface area contributed by atoms with E-state index in [9.17, 15) is 4.79 Å². The molecule has 0 saturated heterocycles. The summed E-state index contributed by atoms with van der Waals surface area (Å²) in [7, 11) is 5.81. The van der Waals surface area contributed by atoms with Gasteiger partial charge in [-0.05, 0) is 36.5 Å². The van der Waals surface area contributed by atoms with Crippen LogP contribution in [0.15, 0.2) is 29.2 Å². The van der Waals surface area contributed by atoms with Gasteiger partial charge in [0, 0.05) is 19.8 Å². The summed E-state index contributed by atoms with van der Waals surface area (Å²) in [5.41, 5.74) is 1.89. The Morgan fingerprint density at radius 2 is 2.35 bits per heavy atom. The highest BCUT2D eigenvalue weighted by molar-refractivity contribution is 7.07. The number of thiophene rings is 1. The Morgan fingerprint density at radius 3 is 2.90 bits per heavy atom. The minimum Gasteiger partial charge on any atom is -0.336 e. The van der Waals surface area contributed by atoms with Crippen LogP contribution in [0.2, 0.25) is 0 Å². The SMILES string of the molecule is CN(C)[C@@H](CNC(=O)Nc1cnn(C)c1)c1ccsc1. The zero-order valence-corrected chi connectivity index (χ0v) is 12.6. The van der Waals surface area contributed by atoms with Gasteiger partial charge in [0.2, 0.25) is 0 Å². The second kappa shape index (κ2) is 6.53. The smallest absolute Gasteiger partial charge is 0.319 e. The molecule has 20 heavy (non-hydrogen) atoms. The van der Waals surface area contributed by atoms with E-state index in [1.807, 2.05) is 26.5 Å². The number of nitrogens with zero attached hydrogens (tertiary/aromatic N) is 3. The molecule has 0 bridgehead atoms. The number of carbonyl (C=O) groups excluding carboxylic acids is 1. The van der Waals surface area contributed by atoms with Crippen molar-refractivity contribution < 1.29 is 4.79 Å². The van der Waals surface area contributed by atoms with Crippen LogP contribution in [-0.4, -0.2) is 41.4 Å². The minimum atomic E-state index is -0.222. The van der Waals surface area contributed by atoms with Crippen LogP contribution in [-0.2, 0) is 7.05 Å². The molecule has 6 nitrogen and oxygen atoms in total. The number of carbonyl (C=O) groups is 1. The fourth-order valence-corrected chi connectivity index (χ4v) is 2.62. The first-order valence-electron chi connectivity index (χ1n) is 6.28. The molecule has 0 radical (unpaired) electrons. The third-order valence-electron chi connectivity index (χ3n) is 2.97. The van der Waals surface area contributed by atoms with Crippen molar-refractivity contribution in [3.8, 4) is 0 Å². The van der Waals surface area contributed by atoms with Crippen LogP contribution >= 0.6 is 11.3 Å². The van der Waals surface area contributed by atoms with Gasteiger partial charge in [0.1, 0.15) is 0 Å². The molecule has 0 aliphatic heterocycles. The normalized spacial score (nSPS) is 12.4. The topological polar surface area (TPSA) is 62.2 Å². The number of urea groups is 1. The monoisotopic (exact) mass is 293 g/mol. The molecule has 0 fully saturated rings. The van der Waals surface area contributed by atoms with Gasteiger partial charge in [-0.25, -0.2) is 4.79 Å². The number of rotatable bonds is 5. The Balaban J connectivity index is 1.88. The van der Waals surface area contributed by atoms with Crippen molar-refractivity contribution in [2.45, 2.75) is 6.04 Å². The lowest BCUT2D eigenvalue weighted by molar-refractivity contribution is 0.243. The van der Waals surface area contributed by atoms with E-state index in [0.29, 0.717) is 12.2 Å². The highest BCUT2D eigenvalue weighted by Crippen LogP contribution is 2.19. The van der Waals surface area contributed by atoms with Gasteiger partial charge in [0.05, 0.1) is 17.9 Å². The fraction of sp³-hybridized carbons (Fsp3) is 0.385. The second-order valence-electron chi connectivity index (χ2n) is 4.77. The molecule has 0 saturated carbocycles. The van der Waals surface area contributed by atoms with E-state index in [0.717, 1.165) is 0 Å². The summed E-state index contributed by atoms with van der Waals surface area (Å²) in [6, 6.07) is 2.02. The van der Waals surface area contributed by atoms with Crippen LogP contribution in [0, 0.1) is 0 Å². The first kappa shape index (κ1) is 14.5. The highest BCUT2D eigenvalue weighted by atomic mass is 32.1. The number of likely N-dealkylation sites (N-methyl/N-ethyl adjacent to an activating group) is 1. The van der Waals surface area contributed by atoms with Gasteiger partial charge >= 0.3 is 6.03 Å². The van der Waals surface area contributed by atoms with Crippen molar-refractivity contribution >= 4 is 23.1 Å². The number of anilines is 1. The molecule has 0 unspecified atom stereocenters. The maximum absolute atomic E-state index is 11.8. The highest BCUT2D eigenvalue weighted by Gasteiger charge is 2.15. The van der Waals surface area contributed by atoms with Gasteiger partial charge in [-0.3, -0.25) is 4.68 Å². The summed E-state index contributed by atoms with van der Waals surface area (Å²) in [4.78, 5) is 13.9. The molecule has 0 spiro atoms.